The molecular formula is C13H8N4O2. The highest BCUT2D eigenvalue weighted by Crippen LogP contribution is 2.24. The first-order valence-electron chi connectivity index (χ1n) is 5.58. The standard InChI is InChI=1S/C13H8N4O2/c18-17(19)13-10-7-4-8-14-12(10)15-11(16-13)9-5-2-1-3-6-9/h1-8H. The fourth-order valence-corrected chi connectivity index (χ4v) is 1.80. The van der Waals surface area contributed by atoms with E-state index in [-0.39, 0.29) is 5.82 Å². The molecule has 0 fully saturated rings. The van der Waals surface area contributed by atoms with Crippen LogP contribution in [0.3, 0.4) is 0 Å². The van der Waals surface area contributed by atoms with Gasteiger partial charge in [-0.25, -0.2) is 4.98 Å². The summed E-state index contributed by atoms with van der Waals surface area (Å²) in [6.45, 7) is 0. The van der Waals surface area contributed by atoms with Crippen molar-refractivity contribution in [2.75, 3.05) is 0 Å². The highest BCUT2D eigenvalue weighted by Gasteiger charge is 2.19. The molecule has 92 valence electrons. The van der Waals surface area contributed by atoms with E-state index in [9.17, 15) is 10.1 Å². The lowest BCUT2D eigenvalue weighted by atomic mass is 10.2. The van der Waals surface area contributed by atoms with Gasteiger partial charge in [0.25, 0.3) is 5.82 Å². The van der Waals surface area contributed by atoms with Crippen molar-refractivity contribution in [2.45, 2.75) is 0 Å². The van der Waals surface area contributed by atoms with E-state index in [1.165, 1.54) is 0 Å². The molecule has 0 spiro atoms. The normalized spacial score (nSPS) is 10.5. The van der Waals surface area contributed by atoms with Crippen LogP contribution in [0.2, 0.25) is 0 Å². The van der Waals surface area contributed by atoms with E-state index >= 15 is 0 Å². The molecule has 0 aliphatic rings. The topological polar surface area (TPSA) is 81.8 Å². The fraction of sp³-hybridized carbons (Fsp3) is 0. The Morgan fingerprint density at radius 1 is 1.00 bits per heavy atom. The molecule has 0 N–H and O–H groups in total. The van der Waals surface area contributed by atoms with E-state index < -0.39 is 4.92 Å². The third-order valence-corrected chi connectivity index (χ3v) is 2.66. The van der Waals surface area contributed by atoms with Crippen LogP contribution in [-0.2, 0) is 0 Å². The molecular weight excluding hydrogens is 244 g/mol. The summed E-state index contributed by atoms with van der Waals surface area (Å²) in [7, 11) is 0. The molecule has 0 radical (unpaired) electrons. The van der Waals surface area contributed by atoms with Gasteiger partial charge in [-0.15, -0.1) is 0 Å². The summed E-state index contributed by atoms with van der Waals surface area (Å²) in [5.74, 6) is 0.0791. The number of pyridine rings is 1. The van der Waals surface area contributed by atoms with Crippen LogP contribution >= 0.6 is 0 Å². The van der Waals surface area contributed by atoms with Crippen LogP contribution in [0.25, 0.3) is 22.4 Å². The minimum Gasteiger partial charge on any atom is -0.358 e. The molecule has 3 aromatic rings. The summed E-state index contributed by atoms with van der Waals surface area (Å²) < 4.78 is 0. The van der Waals surface area contributed by atoms with E-state index in [1.807, 2.05) is 18.2 Å². The predicted octanol–water partition coefficient (Wildman–Crippen LogP) is 2.60. The van der Waals surface area contributed by atoms with Gasteiger partial charge in [-0.1, -0.05) is 18.2 Å². The second kappa shape index (κ2) is 4.41. The van der Waals surface area contributed by atoms with Crippen molar-refractivity contribution in [3.8, 4) is 11.4 Å². The predicted molar refractivity (Wildman–Crippen MR) is 69.4 cm³/mol. The molecule has 0 atom stereocenters. The summed E-state index contributed by atoms with van der Waals surface area (Å²) in [5, 5.41) is 11.4. The number of aromatic nitrogens is 3. The Hall–Kier alpha value is -2.89. The molecule has 0 amide bonds. The SMILES string of the molecule is O=[N+]([O-])c1nc(-c2ccccc2)nc2ncccc12. The Balaban J connectivity index is 2.31. The second-order valence-electron chi connectivity index (χ2n) is 3.87. The molecule has 2 aromatic heterocycles. The van der Waals surface area contributed by atoms with Crippen LogP contribution in [0.5, 0.6) is 0 Å². The van der Waals surface area contributed by atoms with Gasteiger partial charge in [0, 0.05) is 11.8 Å². The minimum atomic E-state index is -0.516. The maximum atomic E-state index is 11.1. The first-order chi connectivity index (χ1) is 9.25. The molecule has 19 heavy (non-hydrogen) atoms. The zero-order valence-electron chi connectivity index (χ0n) is 9.72. The molecule has 0 aliphatic heterocycles. The second-order valence-corrected chi connectivity index (χ2v) is 3.87. The van der Waals surface area contributed by atoms with Gasteiger partial charge in [-0.2, -0.15) is 4.98 Å². The number of hydrogen-bond donors (Lipinski definition) is 0. The van der Waals surface area contributed by atoms with Crippen molar-refractivity contribution in [3.05, 3.63) is 58.8 Å². The van der Waals surface area contributed by atoms with Crippen molar-refractivity contribution in [3.63, 3.8) is 0 Å². The Kier molecular flexibility index (Phi) is 2.60. The smallest absolute Gasteiger partial charge is 0.358 e. The van der Waals surface area contributed by atoms with Gasteiger partial charge in [0.2, 0.25) is 0 Å². The Bertz CT molecular complexity index is 759. The van der Waals surface area contributed by atoms with Crippen molar-refractivity contribution in [2.24, 2.45) is 0 Å². The van der Waals surface area contributed by atoms with Gasteiger partial charge in [0.1, 0.15) is 5.39 Å². The molecule has 6 heteroatoms. The number of nitro groups is 1. The number of fused-ring (bicyclic) bond motifs is 1. The number of rotatable bonds is 2. The van der Waals surface area contributed by atoms with Crippen LogP contribution in [-0.4, -0.2) is 19.9 Å². The van der Waals surface area contributed by atoms with Gasteiger partial charge in [-0.05, 0) is 34.2 Å². The molecule has 3 rings (SSSR count). The highest BCUT2D eigenvalue weighted by molar-refractivity contribution is 5.84. The maximum Gasteiger partial charge on any atom is 0.377 e. The third-order valence-electron chi connectivity index (χ3n) is 2.66. The Morgan fingerprint density at radius 2 is 1.79 bits per heavy atom. The first kappa shape index (κ1) is 11.2. The summed E-state index contributed by atoms with van der Waals surface area (Å²) in [5.41, 5.74) is 1.04. The van der Waals surface area contributed by atoms with Gasteiger partial charge in [0.05, 0.1) is 0 Å². The van der Waals surface area contributed by atoms with Crippen LogP contribution in [0.4, 0.5) is 5.82 Å². The Morgan fingerprint density at radius 3 is 2.53 bits per heavy atom. The van der Waals surface area contributed by atoms with E-state index in [0.29, 0.717) is 16.9 Å². The van der Waals surface area contributed by atoms with Gasteiger partial charge < -0.3 is 10.1 Å². The summed E-state index contributed by atoms with van der Waals surface area (Å²) in [6.07, 6.45) is 1.55. The van der Waals surface area contributed by atoms with Crippen LogP contribution < -0.4 is 0 Å². The number of benzene rings is 1. The maximum absolute atomic E-state index is 11.1. The highest BCUT2D eigenvalue weighted by atomic mass is 16.6. The molecule has 0 aliphatic carbocycles. The Labute approximate surface area is 107 Å². The van der Waals surface area contributed by atoms with Crippen molar-refractivity contribution < 1.29 is 4.92 Å². The van der Waals surface area contributed by atoms with Crippen LogP contribution in [0.1, 0.15) is 0 Å². The average Bonchev–Trinajstić information content (AvgIpc) is 2.47. The lowest BCUT2D eigenvalue weighted by Crippen LogP contribution is -1.99. The van der Waals surface area contributed by atoms with E-state index in [4.69, 9.17) is 0 Å². The molecule has 0 unspecified atom stereocenters. The van der Waals surface area contributed by atoms with Gasteiger partial charge >= 0.3 is 5.82 Å². The largest absolute Gasteiger partial charge is 0.377 e. The fourth-order valence-electron chi connectivity index (χ4n) is 1.80. The van der Waals surface area contributed by atoms with E-state index in [1.54, 1.807) is 30.5 Å². The van der Waals surface area contributed by atoms with Crippen molar-refractivity contribution >= 4 is 16.9 Å². The van der Waals surface area contributed by atoms with E-state index in [0.717, 1.165) is 5.56 Å². The monoisotopic (exact) mass is 252 g/mol. The molecule has 0 saturated carbocycles. The lowest BCUT2D eigenvalue weighted by molar-refractivity contribution is -0.387. The van der Waals surface area contributed by atoms with Gasteiger partial charge in [-0.3, -0.25) is 0 Å². The summed E-state index contributed by atoms with van der Waals surface area (Å²) in [6, 6.07) is 12.3. The molecule has 1 aromatic carbocycles. The molecule has 2 heterocycles. The quantitative estimate of drug-likeness (QED) is 0.517. The molecule has 6 nitrogen and oxygen atoms in total. The minimum absolute atomic E-state index is 0.225. The molecule has 0 saturated heterocycles. The number of hydrogen-bond acceptors (Lipinski definition) is 5. The van der Waals surface area contributed by atoms with Crippen molar-refractivity contribution in [1.82, 2.24) is 15.0 Å². The average molecular weight is 252 g/mol. The van der Waals surface area contributed by atoms with Crippen LogP contribution in [0.15, 0.2) is 48.7 Å². The summed E-state index contributed by atoms with van der Waals surface area (Å²) in [4.78, 5) is 22.9. The third kappa shape index (κ3) is 1.99. The summed E-state index contributed by atoms with van der Waals surface area (Å²) >= 11 is 0. The van der Waals surface area contributed by atoms with Crippen LogP contribution in [0, 0.1) is 10.1 Å². The van der Waals surface area contributed by atoms with Gasteiger partial charge in [0.15, 0.2) is 5.65 Å². The zero-order valence-corrected chi connectivity index (χ0v) is 9.72. The van der Waals surface area contributed by atoms with E-state index in [2.05, 4.69) is 15.0 Å². The first-order valence-corrected chi connectivity index (χ1v) is 5.58. The number of nitrogens with zero attached hydrogens (tertiary/aromatic N) is 4. The zero-order chi connectivity index (χ0) is 13.2. The van der Waals surface area contributed by atoms with Crippen molar-refractivity contribution in [1.29, 1.82) is 0 Å². The molecule has 0 bridgehead atoms. The lowest BCUT2D eigenvalue weighted by Gasteiger charge is -2.00.